The zero-order valence-corrected chi connectivity index (χ0v) is 12.3. The van der Waals surface area contributed by atoms with Crippen LogP contribution in [0.5, 0.6) is 0 Å². The molecule has 3 rings (SSSR count). The number of rotatable bonds is 5. The van der Waals surface area contributed by atoms with E-state index < -0.39 is 17.1 Å². The van der Waals surface area contributed by atoms with Crippen molar-refractivity contribution in [2.45, 2.75) is 31.6 Å². The number of alkyl halides is 3. The molecule has 0 spiro atoms. The van der Waals surface area contributed by atoms with E-state index in [2.05, 4.69) is 15.0 Å². The second-order valence-corrected chi connectivity index (χ2v) is 5.47. The predicted molar refractivity (Wildman–Crippen MR) is 77.8 cm³/mol. The van der Waals surface area contributed by atoms with E-state index in [1.54, 1.807) is 0 Å². The summed E-state index contributed by atoms with van der Waals surface area (Å²) in [7, 11) is 0. The molecule has 7 nitrogen and oxygen atoms in total. The highest BCUT2D eigenvalue weighted by atomic mass is 19.4. The number of halogens is 3. The Morgan fingerprint density at radius 1 is 1.08 bits per heavy atom. The van der Waals surface area contributed by atoms with Crippen LogP contribution in [-0.4, -0.2) is 21.0 Å². The summed E-state index contributed by atoms with van der Waals surface area (Å²) in [5.74, 6) is 0.322. The lowest BCUT2D eigenvalue weighted by molar-refractivity contribution is -0.715. The van der Waals surface area contributed by atoms with Gasteiger partial charge in [-0.15, -0.1) is 0 Å². The Balaban J connectivity index is 1.77. The van der Waals surface area contributed by atoms with Crippen molar-refractivity contribution in [1.29, 1.82) is 0 Å². The Hall–Kier alpha value is -2.30. The summed E-state index contributed by atoms with van der Waals surface area (Å²) < 4.78 is 37.6. The van der Waals surface area contributed by atoms with Crippen molar-refractivity contribution in [3.63, 3.8) is 0 Å². The maximum Gasteiger partial charge on any atom is 0.433 e. The summed E-state index contributed by atoms with van der Waals surface area (Å²) in [6.45, 7) is 0.292. The van der Waals surface area contributed by atoms with Crippen LogP contribution < -0.4 is 10.1 Å². The smallest absolute Gasteiger partial charge is 0.433 e. The first kappa shape index (κ1) is 16.6. The molecule has 0 unspecified atom stereocenters. The third-order valence-electron chi connectivity index (χ3n) is 3.59. The van der Waals surface area contributed by atoms with E-state index in [9.17, 15) is 23.6 Å². The number of nitrogens with one attached hydrogen (secondary N) is 1. The molecule has 1 aliphatic carbocycles. The Morgan fingerprint density at radius 2 is 1.75 bits per heavy atom. The first-order valence-electron chi connectivity index (χ1n) is 7.17. The van der Waals surface area contributed by atoms with E-state index in [-0.39, 0.29) is 11.7 Å². The number of hydrogen-bond donors (Lipinski definition) is 1. The average molecular weight is 340 g/mol. The zero-order valence-electron chi connectivity index (χ0n) is 12.3. The number of nitrogens with zero attached hydrogens (tertiary/aromatic N) is 4. The number of anilines is 1. The summed E-state index contributed by atoms with van der Waals surface area (Å²) in [6.07, 6.45) is 0.835. The van der Waals surface area contributed by atoms with Crippen molar-refractivity contribution >= 4 is 11.6 Å². The Morgan fingerprint density at radius 3 is 2.21 bits per heavy atom. The number of hydrogen-bond acceptors (Lipinski definition) is 6. The van der Waals surface area contributed by atoms with Crippen LogP contribution in [0, 0.1) is 10.4 Å². The van der Waals surface area contributed by atoms with Crippen molar-refractivity contribution < 1.29 is 18.4 Å². The predicted octanol–water partition coefficient (Wildman–Crippen LogP) is 1.57. The van der Waals surface area contributed by atoms with Crippen molar-refractivity contribution in [2.24, 2.45) is 0 Å². The van der Waals surface area contributed by atoms with Gasteiger partial charge in [-0.05, 0) is 24.5 Å². The molecule has 1 N–H and O–H groups in total. The highest BCUT2D eigenvalue weighted by Crippen LogP contribution is 2.32. The number of aromatic nitrogens is 3. The molecule has 128 valence electrons. The van der Waals surface area contributed by atoms with Crippen LogP contribution in [0.1, 0.15) is 24.1 Å². The first-order valence-corrected chi connectivity index (χ1v) is 7.17. The number of pyridine rings is 1. The molecule has 24 heavy (non-hydrogen) atoms. The van der Waals surface area contributed by atoms with Crippen molar-refractivity contribution in [1.82, 2.24) is 15.0 Å². The van der Waals surface area contributed by atoms with E-state index in [0.717, 1.165) is 31.3 Å². The lowest BCUT2D eigenvalue weighted by Crippen LogP contribution is -2.96. The fraction of sp³-hybridized carbons (Fsp3) is 0.357. The Labute approximate surface area is 134 Å². The molecule has 0 bridgehead atoms. The highest BCUT2D eigenvalue weighted by Gasteiger charge is 2.33. The Kier molecular flexibility index (Phi) is 4.35. The van der Waals surface area contributed by atoms with E-state index in [0.29, 0.717) is 18.1 Å². The summed E-state index contributed by atoms with van der Waals surface area (Å²) in [5.41, 5.74) is -0.494. The van der Waals surface area contributed by atoms with Crippen LogP contribution in [0.15, 0.2) is 30.7 Å². The molecule has 0 aliphatic heterocycles. The minimum Gasteiger partial charge on any atom is -0.628 e. The maximum atomic E-state index is 12.5. The number of quaternary nitrogens is 1. The summed E-state index contributed by atoms with van der Waals surface area (Å²) >= 11 is 0. The highest BCUT2D eigenvalue weighted by molar-refractivity contribution is 5.38. The van der Waals surface area contributed by atoms with Gasteiger partial charge in [0.15, 0.2) is 5.69 Å². The van der Waals surface area contributed by atoms with E-state index in [1.807, 2.05) is 4.90 Å². The van der Waals surface area contributed by atoms with Gasteiger partial charge in [-0.25, -0.2) is 9.97 Å². The van der Waals surface area contributed by atoms with Crippen LogP contribution in [0.2, 0.25) is 0 Å². The quantitative estimate of drug-likeness (QED) is 0.831. The zero-order chi connectivity index (χ0) is 17.3. The lowest BCUT2D eigenvalue weighted by Gasteiger charge is -2.25. The minimum absolute atomic E-state index is 0.134. The first-order chi connectivity index (χ1) is 11.3. The van der Waals surface area contributed by atoms with Gasteiger partial charge in [0.25, 0.3) is 0 Å². The average Bonchev–Trinajstić information content (AvgIpc) is 3.37. The van der Waals surface area contributed by atoms with Gasteiger partial charge in [-0.3, -0.25) is 4.98 Å². The minimum atomic E-state index is -4.47. The summed E-state index contributed by atoms with van der Waals surface area (Å²) in [6, 6.07) is 2.47. The van der Waals surface area contributed by atoms with Gasteiger partial charge >= 0.3 is 6.18 Å². The van der Waals surface area contributed by atoms with Crippen molar-refractivity contribution in [3.8, 4) is 0 Å². The standard InChI is InChI=1S/C14H13F3N5O2/c15-14(16,17)12-4-1-9(5-18-12)8-21(10-2-3-10)13-19-6-11(7-20-13)22(23)24/h1,4-7,10,22H,2-3,8H2/q-1. The van der Waals surface area contributed by atoms with Gasteiger partial charge in [0.05, 0.1) is 12.4 Å². The molecule has 0 radical (unpaired) electrons. The van der Waals surface area contributed by atoms with Gasteiger partial charge < -0.3 is 20.5 Å². The van der Waals surface area contributed by atoms with Gasteiger partial charge in [0, 0.05) is 18.8 Å². The van der Waals surface area contributed by atoms with Gasteiger partial charge in [-0.1, -0.05) is 6.07 Å². The molecule has 2 heterocycles. The molecule has 2 aromatic rings. The normalized spacial score (nSPS) is 14.9. The topological polar surface area (TPSA) is 92.5 Å². The summed E-state index contributed by atoms with van der Waals surface area (Å²) in [4.78, 5) is 13.3. The molecule has 0 atom stereocenters. The van der Waals surface area contributed by atoms with Crippen LogP contribution in [0.3, 0.4) is 0 Å². The second-order valence-electron chi connectivity index (χ2n) is 5.47. The third-order valence-corrected chi connectivity index (χ3v) is 3.59. The molecular weight excluding hydrogens is 327 g/mol. The molecule has 2 aromatic heterocycles. The van der Waals surface area contributed by atoms with Crippen LogP contribution >= 0.6 is 0 Å². The SMILES string of the molecule is [O-][NH+]([O-])c1cnc(N(Cc2ccc(C(F)(F)F)nc2)C2CC2)nc1. The maximum absolute atomic E-state index is 12.5. The third kappa shape index (κ3) is 3.78. The molecule has 1 aliphatic rings. The van der Waals surface area contributed by atoms with Crippen molar-refractivity contribution in [2.75, 3.05) is 4.90 Å². The monoisotopic (exact) mass is 340 g/mol. The molecule has 0 saturated heterocycles. The van der Waals surface area contributed by atoms with Crippen LogP contribution in [0.4, 0.5) is 24.8 Å². The molecule has 10 heteroatoms. The molecule has 0 aromatic carbocycles. The van der Waals surface area contributed by atoms with Crippen LogP contribution in [-0.2, 0) is 12.7 Å². The van der Waals surface area contributed by atoms with Crippen LogP contribution in [0.25, 0.3) is 0 Å². The fourth-order valence-electron chi connectivity index (χ4n) is 2.21. The lowest BCUT2D eigenvalue weighted by atomic mass is 10.2. The fourth-order valence-corrected chi connectivity index (χ4v) is 2.21. The van der Waals surface area contributed by atoms with Gasteiger partial charge in [0.2, 0.25) is 5.95 Å². The van der Waals surface area contributed by atoms with Gasteiger partial charge in [-0.2, -0.15) is 13.2 Å². The molecular formula is C14H13F3N5O2-. The largest absolute Gasteiger partial charge is 0.628 e. The van der Waals surface area contributed by atoms with E-state index >= 15 is 0 Å². The Bertz CT molecular complexity index is 687. The molecule has 1 saturated carbocycles. The summed E-state index contributed by atoms with van der Waals surface area (Å²) in [5, 5.41) is 20.1. The molecule has 0 amide bonds. The van der Waals surface area contributed by atoms with E-state index in [4.69, 9.17) is 0 Å². The van der Waals surface area contributed by atoms with Gasteiger partial charge in [0.1, 0.15) is 5.69 Å². The van der Waals surface area contributed by atoms with Crippen molar-refractivity contribution in [3.05, 3.63) is 52.4 Å². The molecule has 1 fully saturated rings. The van der Waals surface area contributed by atoms with E-state index in [1.165, 1.54) is 12.3 Å². The second kappa shape index (κ2) is 6.30.